The largest absolute Gasteiger partial charge is 0.712 e. The molecule has 4 aliphatic rings. The predicted molar refractivity (Wildman–Crippen MR) is 106 cm³/mol. The number of esters is 1. The molecule has 0 saturated heterocycles. The molecule has 154 valence electrons. The van der Waals surface area contributed by atoms with Gasteiger partial charge in [-0.05, 0) is 73.5 Å². The maximum Gasteiger partial charge on any atom is 0.302 e. The van der Waals surface area contributed by atoms with Gasteiger partial charge in [0.2, 0.25) is 0 Å². The minimum absolute atomic E-state index is 0.0398. The summed E-state index contributed by atoms with van der Waals surface area (Å²) in [5.41, 5.74) is 10.6. The summed E-state index contributed by atoms with van der Waals surface area (Å²) >= 11 is 0. The molecule has 0 amide bonds. The molecule has 4 aliphatic carbocycles. The topological polar surface area (TPSA) is 78.0 Å². The average molecular weight is 386 g/mol. The van der Waals surface area contributed by atoms with Gasteiger partial charge in [-0.3, -0.25) is 9.59 Å². The molecule has 0 aromatic rings. The molecule has 0 N–H and O–H groups in total. The van der Waals surface area contributed by atoms with E-state index in [0.29, 0.717) is 17.8 Å². The van der Waals surface area contributed by atoms with Crippen molar-refractivity contribution in [1.29, 1.82) is 0 Å². The zero-order valence-electron chi connectivity index (χ0n) is 17.4. The molecule has 0 heterocycles. The van der Waals surface area contributed by atoms with Gasteiger partial charge in [-0.2, -0.15) is 0 Å². The zero-order chi connectivity index (χ0) is 20.1. The number of rotatable bonds is 4. The summed E-state index contributed by atoms with van der Waals surface area (Å²) < 4.78 is 5.52. The van der Waals surface area contributed by atoms with Crippen LogP contribution in [0.2, 0.25) is 0 Å². The van der Waals surface area contributed by atoms with Gasteiger partial charge in [-0.15, -0.1) is 0 Å². The van der Waals surface area contributed by atoms with E-state index in [-0.39, 0.29) is 41.1 Å². The summed E-state index contributed by atoms with van der Waals surface area (Å²) in [6, 6.07) is 0. The number of hydrogen-bond acceptors (Lipinski definition) is 4. The number of hydrogen-bond donors (Lipinski definition) is 0. The highest BCUT2D eigenvalue weighted by atomic mass is 16.5. The van der Waals surface area contributed by atoms with Gasteiger partial charge in [-0.25, -0.2) is 0 Å². The molecule has 0 aromatic heterocycles. The highest BCUT2D eigenvalue weighted by Crippen LogP contribution is 2.66. The lowest BCUT2D eigenvalue weighted by Crippen LogP contribution is -2.51. The number of carbonyl (C=O) groups is 2. The first-order valence-corrected chi connectivity index (χ1v) is 11.0. The SMILES string of the molecule is CC(=O)OC1CCC2(C)C(=CCC3C2CCC2(C)C(C(=O)CN=[N-])CCC32)C1. The van der Waals surface area contributed by atoms with E-state index in [1.165, 1.54) is 18.9 Å². The van der Waals surface area contributed by atoms with Crippen molar-refractivity contribution in [1.82, 2.24) is 0 Å². The Kier molecular flexibility index (Phi) is 4.99. The van der Waals surface area contributed by atoms with Crippen LogP contribution in [0.5, 0.6) is 0 Å². The van der Waals surface area contributed by atoms with Crippen molar-refractivity contribution in [2.45, 2.75) is 78.2 Å². The number of ketones is 1. The van der Waals surface area contributed by atoms with Gasteiger partial charge in [0.05, 0.1) is 6.54 Å². The van der Waals surface area contributed by atoms with Crippen molar-refractivity contribution in [2.75, 3.05) is 6.54 Å². The molecule has 3 saturated carbocycles. The summed E-state index contributed by atoms with van der Waals surface area (Å²) in [5.74, 6) is 1.88. The van der Waals surface area contributed by atoms with E-state index in [4.69, 9.17) is 10.3 Å². The average Bonchev–Trinajstić information content (AvgIpc) is 2.99. The zero-order valence-corrected chi connectivity index (χ0v) is 17.4. The summed E-state index contributed by atoms with van der Waals surface area (Å²) in [6.45, 7) is 6.20. The number of Topliss-reactive ketones (excluding diaryl/α,β-unsaturated/α-hetero) is 1. The lowest BCUT2D eigenvalue weighted by Gasteiger charge is -2.58. The monoisotopic (exact) mass is 385 g/mol. The molecular formula is C23H33N2O3-. The molecule has 5 nitrogen and oxygen atoms in total. The third-order valence-electron chi connectivity index (χ3n) is 9.01. The summed E-state index contributed by atoms with van der Waals surface area (Å²) in [7, 11) is 0. The van der Waals surface area contributed by atoms with Crippen molar-refractivity contribution < 1.29 is 14.3 Å². The number of fused-ring (bicyclic) bond motifs is 5. The van der Waals surface area contributed by atoms with E-state index in [1.807, 2.05) is 0 Å². The Labute approximate surface area is 168 Å². The summed E-state index contributed by atoms with van der Waals surface area (Å²) in [5, 5.41) is 3.13. The first-order valence-electron chi connectivity index (χ1n) is 11.0. The Hall–Kier alpha value is -1.52. The summed E-state index contributed by atoms with van der Waals surface area (Å²) in [6.07, 6.45) is 10.8. The van der Waals surface area contributed by atoms with Crippen LogP contribution in [0, 0.1) is 34.5 Å². The molecule has 0 radical (unpaired) electrons. The molecule has 5 heteroatoms. The quantitative estimate of drug-likeness (QED) is 0.384. The maximum atomic E-state index is 12.6. The number of allylic oxidation sites excluding steroid dienone is 1. The van der Waals surface area contributed by atoms with Gasteiger partial charge < -0.3 is 15.4 Å². The van der Waals surface area contributed by atoms with Crippen molar-refractivity contribution in [3.8, 4) is 0 Å². The summed E-state index contributed by atoms with van der Waals surface area (Å²) in [4.78, 5) is 24.0. The highest BCUT2D eigenvalue weighted by molar-refractivity contribution is 5.84. The number of nitrogens with zero attached hydrogens (tertiary/aromatic N) is 2. The number of carbonyl (C=O) groups excluding carboxylic acids is 2. The van der Waals surface area contributed by atoms with E-state index >= 15 is 0 Å². The molecule has 7 atom stereocenters. The van der Waals surface area contributed by atoms with Gasteiger partial charge in [0.25, 0.3) is 0 Å². The normalized spacial score (nSPS) is 44.5. The first kappa shape index (κ1) is 19.8. The molecule has 28 heavy (non-hydrogen) atoms. The van der Waals surface area contributed by atoms with Crippen LogP contribution >= 0.6 is 0 Å². The molecule has 0 aromatic carbocycles. The fourth-order valence-electron chi connectivity index (χ4n) is 7.67. The molecule has 7 unspecified atom stereocenters. The second-order valence-electron chi connectivity index (χ2n) is 10.2. The minimum atomic E-state index is -0.174. The molecule has 0 spiro atoms. The molecular weight excluding hydrogens is 352 g/mol. The Bertz CT molecular complexity index is 717. The van der Waals surface area contributed by atoms with E-state index in [2.05, 4.69) is 25.0 Å². The van der Waals surface area contributed by atoms with Crippen LogP contribution in [0.15, 0.2) is 16.8 Å². The Morgan fingerprint density at radius 1 is 1.18 bits per heavy atom. The predicted octanol–water partition coefficient (Wildman–Crippen LogP) is 5.09. The Balaban J connectivity index is 1.56. The highest BCUT2D eigenvalue weighted by Gasteiger charge is 2.59. The number of ether oxygens (including phenoxy) is 1. The lowest BCUT2D eigenvalue weighted by molar-refractivity contribution is -0.149. The van der Waals surface area contributed by atoms with Crippen LogP contribution in [-0.4, -0.2) is 24.4 Å². The van der Waals surface area contributed by atoms with Crippen LogP contribution in [0.4, 0.5) is 0 Å². The van der Waals surface area contributed by atoms with E-state index in [9.17, 15) is 9.59 Å². The smallest absolute Gasteiger partial charge is 0.302 e. The molecule has 0 bridgehead atoms. The lowest BCUT2D eigenvalue weighted by atomic mass is 9.47. The van der Waals surface area contributed by atoms with Gasteiger partial charge in [0.1, 0.15) is 6.10 Å². The fourth-order valence-corrected chi connectivity index (χ4v) is 7.67. The van der Waals surface area contributed by atoms with Gasteiger partial charge >= 0.3 is 5.97 Å². The van der Waals surface area contributed by atoms with Crippen molar-refractivity contribution in [3.63, 3.8) is 0 Å². The molecule has 4 rings (SSSR count). The van der Waals surface area contributed by atoms with Crippen LogP contribution in [0.25, 0.3) is 5.53 Å². The van der Waals surface area contributed by atoms with Crippen molar-refractivity contribution >= 4 is 11.8 Å². The van der Waals surface area contributed by atoms with Crippen LogP contribution in [-0.2, 0) is 14.3 Å². The maximum absolute atomic E-state index is 12.6. The Morgan fingerprint density at radius 2 is 1.96 bits per heavy atom. The molecule has 3 fully saturated rings. The van der Waals surface area contributed by atoms with E-state index in [0.717, 1.165) is 44.9 Å². The van der Waals surface area contributed by atoms with Gasteiger partial charge in [0.15, 0.2) is 5.78 Å². The van der Waals surface area contributed by atoms with E-state index < -0.39 is 0 Å². The second-order valence-corrected chi connectivity index (χ2v) is 10.2. The fraction of sp³-hybridized carbons (Fsp3) is 0.826. The molecule has 0 aliphatic heterocycles. The van der Waals surface area contributed by atoms with Crippen LogP contribution in [0.3, 0.4) is 0 Å². The van der Waals surface area contributed by atoms with Gasteiger partial charge in [0, 0.05) is 19.3 Å². The van der Waals surface area contributed by atoms with Crippen molar-refractivity contribution in [2.24, 2.45) is 39.6 Å². The van der Waals surface area contributed by atoms with Crippen molar-refractivity contribution in [3.05, 3.63) is 17.2 Å². The first-order chi connectivity index (χ1) is 13.3. The third-order valence-corrected chi connectivity index (χ3v) is 9.01. The van der Waals surface area contributed by atoms with Gasteiger partial charge in [-0.1, -0.05) is 25.5 Å². The van der Waals surface area contributed by atoms with Crippen LogP contribution < -0.4 is 0 Å². The minimum Gasteiger partial charge on any atom is -0.712 e. The standard InChI is InChI=1S/C23H33N2O3/c1-14(26)28-16-8-10-22(2)15(12-16)4-5-17-18-6-7-20(21(27)13-25-24)23(18,3)11-9-19(17)22/h4,16-20H,5-13H2,1-3H3/q-1. The second kappa shape index (κ2) is 7.07. The van der Waals surface area contributed by atoms with E-state index in [1.54, 1.807) is 0 Å². The Morgan fingerprint density at radius 3 is 2.68 bits per heavy atom. The van der Waals surface area contributed by atoms with Crippen LogP contribution in [0.1, 0.15) is 72.1 Å². The third kappa shape index (κ3) is 2.96.